The van der Waals surface area contributed by atoms with Gasteiger partial charge in [0, 0.05) is 32.1 Å². The van der Waals surface area contributed by atoms with Crippen LogP contribution in [0.5, 0.6) is 0 Å². The molecule has 5 rings (SSSR count). The average molecular weight is 475 g/mol. The third kappa shape index (κ3) is 3.71. The molecule has 1 saturated carbocycles. The lowest BCUT2D eigenvalue weighted by Gasteiger charge is -2.34. The molecule has 0 bridgehead atoms. The maximum absolute atomic E-state index is 13.4. The van der Waals surface area contributed by atoms with Crippen LogP contribution in [0.2, 0.25) is 0 Å². The first-order chi connectivity index (χ1) is 15.2. The minimum absolute atomic E-state index is 0.0952. The van der Waals surface area contributed by atoms with Gasteiger partial charge in [-0.05, 0) is 51.8 Å². The summed E-state index contributed by atoms with van der Waals surface area (Å²) in [5, 5.41) is 4.73. The molecular formula is C21H26N6O3S2. The van der Waals surface area contributed by atoms with Gasteiger partial charge >= 0.3 is 0 Å². The molecule has 3 aromatic rings. The molecule has 170 valence electrons. The van der Waals surface area contributed by atoms with E-state index < -0.39 is 10.0 Å². The summed E-state index contributed by atoms with van der Waals surface area (Å²) >= 11 is 0.999. The number of hydrogen-bond donors (Lipinski definition) is 0. The zero-order valence-corrected chi connectivity index (χ0v) is 20.0. The first-order valence-electron chi connectivity index (χ1n) is 10.8. The molecule has 1 aliphatic carbocycles. The van der Waals surface area contributed by atoms with Crippen molar-refractivity contribution in [1.82, 2.24) is 27.7 Å². The molecule has 2 aliphatic rings. The first kappa shape index (κ1) is 21.5. The molecule has 3 heterocycles. The number of nitrogens with zero attached hydrogens (tertiary/aromatic N) is 6. The van der Waals surface area contributed by atoms with Gasteiger partial charge in [0.25, 0.3) is 5.91 Å². The molecule has 11 heteroatoms. The van der Waals surface area contributed by atoms with E-state index in [0.29, 0.717) is 35.7 Å². The summed E-state index contributed by atoms with van der Waals surface area (Å²) < 4.78 is 38.1. The van der Waals surface area contributed by atoms with Crippen LogP contribution in [0.3, 0.4) is 0 Å². The third-order valence-electron chi connectivity index (χ3n) is 5.97. The lowest BCUT2D eigenvalue weighted by atomic mass is 10.1. The van der Waals surface area contributed by atoms with Crippen molar-refractivity contribution >= 4 is 38.7 Å². The quantitative estimate of drug-likeness (QED) is 0.576. The largest absolute Gasteiger partial charge is 0.335 e. The number of sulfonamides is 1. The Labute approximate surface area is 191 Å². The smallest absolute Gasteiger partial charge is 0.272 e. The second-order valence-corrected chi connectivity index (χ2v) is 11.8. The fourth-order valence-corrected chi connectivity index (χ4v) is 6.24. The minimum atomic E-state index is -3.72. The first-order valence-corrected chi connectivity index (χ1v) is 12.9. The van der Waals surface area contributed by atoms with Crippen LogP contribution in [0, 0.1) is 0 Å². The SMILES string of the molecule is CC(C)(C)n1nc(C2CC2)cc1C(=O)N1CCN(S(=O)(=O)c2cccc3nsnc23)CC1. The molecule has 1 aliphatic heterocycles. The predicted molar refractivity (Wildman–Crippen MR) is 121 cm³/mol. The molecule has 32 heavy (non-hydrogen) atoms. The Balaban J connectivity index is 1.35. The van der Waals surface area contributed by atoms with Gasteiger partial charge < -0.3 is 4.90 Å². The number of piperazine rings is 1. The Morgan fingerprint density at radius 1 is 1.09 bits per heavy atom. The van der Waals surface area contributed by atoms with Crippen molar-refractivity contribution < 1.29 is 13.2 Å². The fraction of sp³-hybridized carbons (Fsp3) is 0.524. The van der Waals surface area contributed by atoms with Crippen LogP contribution in [-0.2, 0) is 15.6 Å². The van der Waals surface area contributed by atoms with Crippen LogP contribution in [0.4, 0.5) is 0 Å². The summed E-state index contributed by atoms with van der Waals surface area (Å²) in [6, 6.07) is 6.92. The molecular weight excluding hydrogens is 448 g/mol. The van der Waals surface area contributed by atoms with Crippen LogP contribution >= 0.6 is 11.7 Å². The molecule has 9 nitrogen and oxygen atoms in total. The van der Waals surface area contributed by atoms with Gasteiger partial charge in [-0.1, -0.05) is 6.07 Å². The lowest BCUT2D eigenvalue weighted by Crippen LogP contribution is -2.51. The number of amides is 1. The Morgan fingerprint density at radius 2 is 1.81 bits per heavy atom. The highest BCUT2D eigenvalue weighted by Gasteiger charge is 2.35. The zero-order valence-electron chi connectivity index (χ0n) is 18.4. The normalized spacial score (nSPS) is 18.4. The molecule has 0 unspecified atom stereocenters. The zero-order chi connectivity index (χ0) is 22.7. The maximum atomic E-state index is 13.4. The van der Waals surface area contributed by atoms with Crippen molar-refractivity contribution in [1.29, 1.82) is 0 Å². The number of hydrogen-bond acceptors (Lipinski definition) is 7. The molecule has 2 fully saturated rings. The van der Waals surface area contributed by atoms with E-state index in [1.54, 1.807) is 23.1 Å². The summed E-state index contributed by atoms with van der Waals surface area (Å²) in [4.78, 5) is 15.3. The van der Waals surface area contributed by atoms with E-state index in [1.165, 1.54) is 4.31 Å². The predicted octanol–water partition coefficient (Wildman–Crippen LogP) is 2.67. The number of aromatic nitrogens is 4. The molecule has 1 saturated heterocycles. The van der Waals surface area contributed by atoms with Gasteiger partial charge in [-0.15, -0.1) is 0 Å². The van der Waals surface area contributed by atoms with Gasteiger partial charge in [0.15, 0.2) is 0 Å². The topological polar surface area (TPSA) is 101 Å². The van der Waals surface area contributed by atoms with Gasteiger partial charge in [0.2, 0.25) is 10.0 Å². The van der Waals surface area contributed by atoms with Crippen LogP contribution in [-0.4, -0.2) is 68.2 Å². The number of rotatable bonds is 4. The van der Waals surface area contributed by atoms with Gasteiger partial charge in [-0.25, -0.2) is 8.42 Å². The lowest BCUT2D eigenvalue weighted by molar-refractivity contribution is 0.0677. The van der Waals surface area contributed by atoms with Gasteiger partial charge in [0.1, 0.15) is 21.6 Å². The molecule has 0 N–H and O–H groups in total. The summed E-state index contributed by atoms with van der Waals surface area (Å²) in [5.41, 5.74) is 2.22. The van der Waals surface area contributed by atoms with Crippen molar-refractivity contribution in [3.63, 3.8) is 0 Å². The van der Waals surface area contributed by atoms with Crippen molar-refractivity contribution in [2.75, 3.05) is 26.2 Å². The van der Waals surface area contributed by atoms with Gasteiger partial charge in [-0.3, -0.25) is 9.48 Å². The number of carbonyl (C=O) groups excluding carboxylic acids is 1. The minimum Gasteiger partial charge on any atom is -0.335 e. The molecule has 2 aromatic heterocycles. The number of fused-ring (bicyclic) bond motifs is 1. The van der Waals surface area contributed by atoms with E-state index in [9.17, 15) is 13.2 Å². The van der Waals surface area contributed by atoms with E-state index in [-0.39, 0.29) is 29.4 Å². The van der Waals surface area contributed by atoms with E-state index >= 15 is 0 Å². The summed E-state index contributed by atoms with van der Waals surface area (Å²) in [5.74, 6) is 0.359. The van der Waals surface area contributed by atoms with Crippen molar-refractivity contribution in [2.45, 2.75) is 50.0 Å². The average Bonchev–Trinajstić information content (AvgIpc) is 3.32. The van der Waals surface area contributed by atoms with Crippen molar-refractivity contribution in [2.24, 2.45) is 0 Å². The monoisotopic (exact) mass is 474 g/mol. The van der Waals surface area contributed by atoms with Crippen LogP contribution < -0.4 is 0 Å². The summed E-state index contributed by atoms with van der Waals surface area (Å²) in [6.07, 6.45) is 2.24. The molecule has 0 spiro atoms. The third-order valence-corrected chi connectivity index (χ3v) is 8.44. The van der Waals surface area contributed by atoms with E-state index in [1.807, 2.05) is 31.5 Å². The summed E-state index contributed by atoms with van der Waals surface area (Å²) in [7, 11) is -3.72. The fourth-order valence-electron chi connectivity index (χ4n) is 4.06. The second kappa shape index (κ2) is 7.60. The summed E-state index contributed by atoms with van der Waals surface area (Å²) in [6.45, 7) is 7.24. The van der Waals surface area contributed by atoms with Crippen molar-refractivity contribution in [3.8, 4) is 0 Å². The highest BCUT2D eigenvalue weighted by molar-refractivity contribution is 7.89. The second-order valence-electron chi connectivity index (χ2n) is 9.40. The van der Waals surface area contributed by atoms with Crippen LogP contribution in [0.25, 0.3) is 11.0 Å². The Morgan fingerprint density at radius 3 is 2.47 bits per heavy atom. The highest BCUT2D eigenvalue weighted by atomic mass is 32.2. The number of benzene rings is 1. The Bertz CT molecular complexity index is 1280. The van der Waals surface area contributed by atoms with Gasteiger partial charge in [-0.2, -0.15) is 18.2 Å². The highest BCUT2D eigenvalue weighted by Crippen LogP contribution is 2.40. The van der Waals surface area contributed by atoms with Crippen LogP contribution in [0.1, 0.15) is 55.7 Å². The van der Waals surface area contributed by atoms with Crippen molar-refractivity contribution in [3.05, 3.63) is 35.7 Å². The van der Waals surface area contributed by atoms with E-state index in [2.05, 4.69) is 8.75 Å². The molecule has 1 amide bonds. The molecule has 0 radical (unpaired) electrons. The van der Waals surface area contributed by atoms with Crippen LogP contribution in [0.15, 0.2) is 29.2 Å². The van der Waals surface area contributed by atoms with E-state index in [4.69, 9.17) is 5.10 Å². The Hall–Kier alpha value is -2.37. The standard InChI is InChI=1S/C21H26N6O3S2/c1-21(2,3)27-17(13-16(22-27)14-7-8-14)20(28)25-9-11-26(12-10-25)32(29,30)18-6-4-5-15-19(18)24-31-23-15/h4-6,13-14H,7-12H2,1-3H3. The van der Waals surface area contributed by atoms with E-state index in [0.717, 1.165) is 30.3 Å². The molecule has 1 aromatic carbocycles. The van der Waals surface area contributed by atoms with Gasteiger partial charge in [0.05, 0.1) is 23.0 Å². The maximum Gasteiger partial charge on any atom is 0.272 e. The Kier molecular flexibility index (Phi) is 5.10. The number of carbonyl (C=O) groups is 1. The molecule has 0 atom stereocenters.